The van der Waals surface area contributed by atoms with Crippen molar-refractivity contribution in [1.82, 2.24) is 9.97 Å². The van der Waals surface area contributed by atoms with Crippen LogP contribution in [0.25, 0.3) is 0 Å². The molecule has 8 nitrogen and oxygen atoms in total. The average Bonchev–Trinajstić information content (AvgIpc) is 3.23. The maximum atomic E-state index is 13.1. The van der Waals surface area contributed by atoms with Crippen LogP contribution in [-0.2, 0) is 4.79 Å². The van der Waals surface area contributed by atoms with Crippen LogP contribution in [-0.4, -0.2) is 41.3 Å². The predicted octanol–water partition coefficient (Wildman–Crippen LogP) is 3.26. The van der Waals surface area contributed by atoms with Gasteiger partial charge in [-0.3, -0.25) is 10.2 Å². The second-order valence-electron chi connectivity index (χ2n) is 8.80. The van der Waals surface area contributed by atoms with Crippen LogP contribution in [0.5, 0.6) is 0 Å². The third kappa shape index (κ3) is 3.58. The van der Waals surface area contributed by atoms with Crippen molar-refractivity contribution in [2.45, 2.75) is 45.6 Å². The minimum absolute atomic E-state index is 0.0208. The van der Waals surface area contributed by atoms with E-state index in [9.17, 15) is 4.79 Å². The van der Waals surface area contributed by atoms with Gasteiger partial charge in [-0.05, 0) is 38.8 Å². The summed E-state index contributed by atoms with van der Waals surface area (Å²) < 4.78 is 0. The van der Waals surface area contributed by atoms with Crippen LogP contribution in [0, 0.1) is 10.8 Å². The van der Waals surface area contributed by atoms with Gasteiger partial charge < -0.3 is 20.9 Å². The number of amides is 1. The van der Waals surface area contributed by atoms with Crippen LogP contribution in [0.2, 0.25) is 0 Å². The van der Waals surface area contributed by atoms with E-state index in [0.717, 1.165) is 24.3 Å². The zero-order valence-electron chi connectivity index (χ0n) is 17.8. The van der Waals surface area contributed by atoms with E-state index in [1.165, 1.54) is 12.8 Å². The monoisotopic (exact) mass is 407 g/mol. The van der Waals surface area contributed by atoms with Crippen molar-refractivity contribution in [2.24, 2.45) is 11.1 Å². The van der Waals surface area contributed by atoms with Gasteiger partial charge in [-0.15, -0.1) is 0 Å². The minimum Gasteiger partial charge on any atom is -0.384 e. The van der Waals surface area contributed by atoms with Crippen LogP contribution >= 0.6 is 0 Å². The highest BCUT2D eigenvalue weighted by molar-refractivity contribution is 6.02. The summed E-state index contributed by atoms with van der Waals surface area (Å²) in [6, 6.07) is 7.71. The highest BCUT2D eigenvalue weighted by atomic mass is 16.2. The average molecular weight is 408 g/mol. The van der Waals surface area contributed by atoms with Crippen molar-refractivity contribution < 1.29 is 4.79 Å². The fourth-order valence-corrected chi connectivity index (χ4v) is 4.47. The lowest BCUT2D eigenvalue weighted by Gasteiger charge is -2.34. The van der Waals surface area contributed by atoms with Gasteiger partial charge in [-0.1, -0.05) is 25.0 Å². The van der Waals surface area contributed by atoms with Gasteiger partial charge in [0.15, 0.2) is 5.82 Å². The summed E-state index contributed by atoms with van der Waals surface area (Å²) >= 11 is 0. The standard InChI is InChI=1S/C22H29N7O/c1-22(2)13-29(14-8-4-5-9-14)19-17(28(3)20(22)30)12-25-21(27-19)26-16-11-7-6-10-15(16)18(23)24/h6-7,10-12,14H,4-5,8-9,13H2,1-3H3,(H3,23,24)(H,25,26,27). The lowest BCUT2D eigenvalue weighted by molar-refractivity contribution is -0.125. The highest BCUT2D eigenvalue weighted by Gasteiger charge is 2.41. The van der Waals surface area contributed by atoms with E-state index < -0.39 is 5.41 Å². The zero-order chi connectivity index (χ0) is 21.5. The molecule has 0 bridgehead atoms. The summed E-state index contributed by atoms with van der Waals surface area (Å²) in [4.78, 5) is 26.4. The number of rotatable bonds is 4. The third-order valence-corrected chi connectivity index (χ3v) is 6.06. The molecular formula is C22H29N7O. The Balaban J connectivity index is 1.77. The number of nitrogen functional groups attached to an aromatic ring is 1. The third-order valence-electron chi connectivity index (χ3n) is 6.06. The first-order valence-corrected chi connectivity index (χ1v) is 10.4. The smallest absolute Gasteiger partial charge is 0.234 e. The van der Waals surface area contributed by atoms with Crippen molar-refractivity contribution >= 4 is 34.9 Å². The quantitative estimate of drug-likeness (QED) is 0.530. The van der Waals surface area contributed by atoms with Gasteiger partial charge in [0.05, 0.1) is 17.3 Å². The maximum absolute atomic E-state index is 13.1. The Morgan fingerprint density at radius 2 is 1.97 bits per heavy atom. The molecule has 0 radical (unpaired) electrons. The number of anilines is 4. The van der Waals surface area contributed by atoms with Crippen molar-refractivity contribution in [2.75, 3.05) is 28.7 Å². The van der Waals surface area contributed by atoms with Crippen LogP contribution < -0.4 is 20.9 Å². The molecule has 1 fully saturated rings. The van der Waals surface area contributed by atoms with Crippen molar-refractivity contribution in [1.29, 1.82) is 5.41 Å². The lowest BCUT2D eigenvalue weighted by atomic mass is 9.91. The van der Waals surface area contributed by atoms with Crippen LogP contribution in [0.1, 0.15) is 45.1 Å². The number of hydrogen-bond acceptors (Lipinski definition) is 6. The molecule has 1 amide bonds. The van der Waals surface area contributed by atoms with Gasteiger partial charge >= 0.3 is 0 Å². The molecule has 1 aliphatic heterocycles. The maximum Gasteiger partial charge on any atom is 0.234 e. The first-order valence-electron chi connectivity index (χ1n) is 10.4. The zero-order valence-corrected chi connectivity index (χ0v) is 17.8. The highest BCUT2D eigenvalue weighted by Crippen LogP contribution is 2.40. The van der Waals surface area contributed by atoms with Crippen molar-refractivity contribution in [3.63, 3.8) is 0 Å². The number of nitrogens with zero attached hydrogens (tertiary/aromatic N) is 4. The van der Waals surface area contributed by atoms with Crippen molar-refractivity contribution in [3.8, 4) is 0 Å². The number of fused-ring (bicyclic) bond motifs is 1. The van der Waals surface area contributed by atoms with Crippen LogP contribution in [0.4, 0.5) is 23.1 Å². The molecule has 30 heavy (non-hydrogen) atoms. The van der Waals surface area contributed by atoms with Gasteiger partial charge in [-0.2, -0.15) is 4.98 Å². The normalized spacial score (nSPS) is 18.8. The van der Waals surface area contributed by atoms with E-state index in [4.69, 9.17) is 16.1 Å². The Morgan fingerprint density at radius 1 is 1.27 bits per heavy atom. The second-order valence-corrected chi connectivity index (χ2v) is 8.80. The summed E-state index contributed by atoms with van der Waals surface area (Å²) in [7, 11) is 1.79. The molecule has 0 saturated heterocycles. The molecule has 158 valence electrons. The van der Waals surface area contributed by atoms with Gasteiger partial charge in [0.25, 0.3) is 0 Å². The molecule has 0 spiro atoms. The summed E-state index contributed by atoms with van der Waals surface area (Å²) in [6.07, 6.45) is 6.31. The van der Waals surface area contributed by atoms with E-state index in [0.29, 0.717) is 29.8 Å². The molecule has 4 N–H and O–H groups in total. The molecule has 1 aromatic heterocycles. The van der Waals surface area contributed by atoms with Gasteiger partial charge in [0.2, 0.25) is 11.9 Å². The Bertz CT molecular complexity index is 981. The summed E-state index contributed by atoms with van der Waals surface area (Å²) in [6.45, 7) is 4.61. The fraction of sp³-hybridized carbons (Fsp3) is 0.455. The Labute approximate surface area is 177 Å². The largest absolute Gasteiger partial charge is 0.384 e. The minimum atomic E-state index is -0.521. The molecule has 0 unspecified atom stereocenters. The summed E-state index contributed by atoms with van der Waals surface area (Å²) in [5.74, 6) is 1.25. The molecule has 1 aliphatic carbocycles. The van der Waals surface area contributed by atoms with E-state index in [1.807, 2.05) is 32.0 Å². The predicted molar refractivity (Wildman–Crippen MR) is 120 cm³/mol. The SMILES string of the molecule is CN1C(=O)C(C)(C)CN(C2CCCC2)c2nc(Nc3ccccc3C(=N)N)ncc21. The Kier molecular flexibility index (Phi) is 5.09. The first kappa shape index (κ1) is 20.1. The molecule has 2 aromatic rings. The molecular weight excluding hydrogens is 378 g/mol. The van der Waals surface area contributed by atoms with Gasteiger partial charge in [0, 0.05) is 25.2 Å². The number of para-hydroxylation sites is 1. The first-order chi connectivity index (χ1) is 14.3. The number of carbonyl (C=O) groups is 1. The van der Waals surface area contributed by atoms with E-state index in [1.54, 1.807) is 24.2 Å². The number of aromatic nitrogens is 2. The summed E-state index contributed by atoms with van der Waals surface area (Å²) in [5, 5.41) is 11.0. The van der Waals surface area contributed by atoms with Gasteiger partial charge in [-0.25, -0.2) is 4.98 Å². The lowest BCUT2D eigenvalue weighted by Crippen LogP contribution is -2.45. The number of nitrogens with one attached hydrogen (secondary N) is 2. The van der Waals surface area contributed by atoms with E-state index in [-0.39, 0.29) is 11.7 Å². The molecule has 4 rings (SSSR count). The molecule has 1 saturated carbocycles. The number of amidine groups is 1. The topological polar surface area (TPSA) is 111 Å². The second kappa shape index (κ2) is 7.59. The van der Waals surface area contributed by atoms with E-state index >= 15 is 0 Å². The van der Waals surface area contributed by atoms with Gasteiger partial charge in [0.1, 0.15) is 11.5 Å². The van der Waals surface area contributed by atoms with Crippen LogP contribution in [0.15, 0.2) is 30.5 Å². The molecule has 1 aromatic carbocycles. The Morgan fingerprint density at radius 3 is 2.67 bits per heavy atom. The number of nitrogens with two attached hydrogens (primary N) is 1. The van der Waals surface area contributed by atoms with E-state index in [2.05, 4.69) is 15.2 Å². The number of benzene rings is 1. The summed E-state index contributed by atoms with van der Waals surface area (Å²) in [5.41, 5.74) is 7.19. The van der Waals surface area contributed by atoms with Crippen LogP contribution in [0.3, 0.4) is 0 Å². The molecule has 0 atom stereocenters. The Hall–Kier alpha value is -3.16. The number of hydrogen-bond donors (Lipinski definition) is 3. The molecule has 2 aliphatic rings. The molecule has 8 heteroatoms. The number of carbonyl (C=O) groups excluding carboxylic acids is 1. The fourth-order valence-electron chi connectivity index (χ4n) is 4.47. The molecule has 2 heterocycles. The van der Waals surface area contributed by atoms with Crippen molar-refractivity contribution in [3.05, 3.63) is 36.0 Å².